The molecule has 3 heterocycles. The Labute approximate surface area is 170 Å². The Kier molecular flexibility index (Phi) is 4.66. The van der Waals surface area contributed by atoms with Gasteiger partial charge >= 0.3 is 0 Å². The molecule has 0 unspecified atom stereocenters. The zero-order chi connectivity index (χ0) is 20.0. The van der Waals surface area contributed by atoms with Gasteiger partial charge in [-0.1, -0.05) is 12.1 Å². The van der Waals surface area contributed by atoms with Crippen LogP contribution in [-0.4, -0.2) is 52.0 Å². The molecular formula is C23H28N4O2. The summed E-state index contributed by atoms with van der Waals surface area (Å²) >= 11 is 0. The van der Waals surface area contributed by atoms with Crippen LogP contribution in [0.15, 0.2) is 28.8 Å². The van der Waals surface area contributed by atoms with Gasteiger partial charge in [-0.05, 0) is 55.9 Å². The number of carbonyl (C=O) groups excluding carboxylic acids is 1. The molecule has 1 aliphatic heterocycles. The molecule has 1 N–H and O–H groups in total. The smallest absolute Gasteiger partial charge is 0.253 e. The Morgan fingerprint density at radius 3 is 2.83 bits per heavy atom. The van der Waals surface area contributed by atoms with Gasteiger partial charge in [0.15, 0.2) is 5.76 Å². The molecule has 1 atom stereocenters. The van der Waals surface area contributed by atoms with Crippen LogP contribution in [0.2, 0.25) is 0 Å². The van der Waals surface area contributed by atoms with E-state index < -0.39 is 0 Å². The summed E-state index contributed by atoms with van der Waals surface area (Å²) in [6.07, 6.45) is 3.46. The van der Waals surface area contributed by atoms with Gasteiger partial charge < -0.3 is 14.4 Å². The normalized spacial score (nSPS) is 20.2. The van der Waals surface area contributed by atoms with Crippen LogP contribution < -0.4 is 0 Å². The lowest BCUT2D eigenvalue weighted by molar-refractivity contribution is 0.0617. The van der Waals surface area contributed by atoms with Crippen LogP contribution in [0.3, 0.4) is 0 Å². The highest BCUT2D eigenvalue weighted by Gasteiger charge is 2.25. The topological polar surface area (TPSA) is 65.4 Å². The molecule has 3 aromatic rings. The standard InChI is InChI=1S/C23H28N4O2/c1-15-3-5-21-19(11-15)20-13-17(4-6-22(20)24-21)23(28)27-9-7-26(8-10-27)14-18-12-16(2)25-29-18/h4,6,12-13,15,24H,3,5,7-11,14H2,1-2H3/t15-/m1/s1. The molecule has 1 aliphatic carbocycles. The highest BCUT2D eigenvalue weighted by atomic mass is 16.5. The predicted octanol–water partition coefficient (Wildman–Crippen LogP) is 3.55. The number of H-pyrrole nitrogens is 1. The Morgan fingerprint density at radius 2 is 2.07 bits per heavy atom. The monoisotopic (exact) mass is 392 g/mol. The highest BCUT2D eigenvalue weighted by molar-refractivity contribution is 5.99. The first-order valence-electron chi connectivity index (χ1n) is 10.6. The maximum atomic E-state index is 13.1. The van der Waals surface area contributed by atoms with Crippen LogP contribution in [0.1, 0.15) is 46.4 Å². The number of hydrogen-bond donors (Lipinski definition) is 1. The van der Waals surface area contributed by atoms with E-state index in [9.17, 15) is 4.79 Å². The van der Waals surface area contributed by atoms with E-state index >= 15 is 0 Å². The van der Waals surface area contributed by atoms with E-state index in [4.69, 9.17) is 4.52 Å². The third-order valence-corrected chi connectivity index (χ3v) is 6.40. The largest absolute Gasteiger partial charge is 0.360 e. The molecule has 5 rings (SSSR count). The molecule has 152 valence electrons. The number of amides is 1. The number of carbonyl (C=O) groups is 1. The molecule has 1 aromatic carbocycles. The van der Waals surface area contributed by atoms with Crippen molar-refractivity contribution < 1.29 is 9.32 Å². The van der Waals surface area contributed by atoms with Crippen LogP contribution in [0, 0.1) is 12.8 Å². The third kappa shape index (κ3) is 3.57. The van der Waals surface area contributed by atoms with E-state index in [1.54, 1.807) is 0 Å². The summed E-state index contributed by atoms with van der Waals surface area (Å²) in [5.74, 6) is 1.74. The average Bonchev–Trinajstić information content (AvgIpc) is 3.30. The first kappa shape index (κ1) is 18.4. The lowest BCUT2D eigenvalue weighted by atomic mass is 9.87. The molecule has 1 saturated heterocycles. The van der Waals surface area contributed by atoms with Crippen molar-refractivity contribution in [3.8, 4) is 0 Å². The van der Waals surface area contributed by atoms with Crippen LogP contribution in [0.4, 0.5) is 0 Å². The average molecular weight is 393 g/mol. The second-order valence-corrected chi connectivity index (χ2v) is 8.69. The Hall–Kier alpha value is -2.60. The fraction of sp³-hybridized carbons (Fsp3) is 0.478. The number of rotatable bonds is 3. The van der Waals surface area contributed by atoms with Gasteiger partial charge in [-0.3, -0.25) is 9.69 Å². The van der Waals surface area contributed by atoms with Crippen molar-refractivity contribution in [1.29, 1.82) is 0 Å². The number of hydrogen-bond acceptors (Lipinski definition) is 4. The van der Waals surface area contributed by atoms with Crippen molar-refractivity contribution in [1.82, 2.24) is 19.9 Å². The zero-order valence-electron chi connectivity index (χ0n) is 17.2. The van der Waals surface area contributed by atoms with Crippen molar-refractivity contribution in [2.24, 2.45) is 5.92 Å². The lowest BCUT2D eigenvalue weighted by Gasteiger charge is -2.34. The molecule has 1 amide bonds. The molecule has 2 aromatic heterocycles. The summed E-state index contributed by atoms with van der Waals surface area (Å²) in [6.45, 7) is 8.19. The predicted molar refractivity (Wildman–Crippen MR) is 112 cm³/mol. The number of aromatic amines is 1. The maximum absolute atomic E-state index is 13.1. The van der Waals surface area contributed by atoms with E-state index in [1.807, 2.05) is 24.0 Å². The lowest BCUT2D eigenvalue weighted by Crippen LogP contribution is -2.48. The molecule has 0 bridgehead atoms. The number of nitrogens with zero attached hydrogens (tertiary/aromatic N) is 3. The Balaban J connectivity index is 1.28. The van der Waals surface area contributed by atoms with Crippen molar-refractivity contribution >= 4 is 16.8 Å². The Bertz CT molecular complexity index is 1040. The summed E-state index contributed by atoms with van der Waals surface area (Å²) in [5.41, 5.74) is 5.65. The van der Waals surface area contributed by atoms with Crippen LogP contribution in [0.5, 0.6) is 0 Å². The number of benzene rings is 1. The first-order chi connectivity index (χ1) is 14.1. The van der Waals surface area contributed by atoms with Crippen molar-refractivity contribution in [3.63, 3.8) is 0 Å². The highest BCUT2D eigenvalue weighted by Crippen LogP contribution is 2.32. The molecule has 0 spiro atoms. The number of fused-ring (bicyclic) bond motifs is 3. The second-order valence-electron chi connectivity index (χ2n) is 8.69. The first-order valence-corrected chi connectivity index (χ1v) is 10.6. The molecule has 29 heavy (non-hydrogen) atoms. The number of aryl methyl sites for hydroxylation is 2. The van der Waals surface area contributed by atoms with E-state index in [0.717, 1.165) is 68.1 Å². The van der Waals surface area contributed by atoms with Gasteiger partial charge in [0.05, 0.1) is 12.2 Å². The van der Waals surface area contributed by atoms with Crippen molar-refractivity contribution in [3.05, 3.63) is 52.5 Å². The van der Waals surface area contributed by atoms with Crippen molar-refractivity contribution in [2.45, 2.75) is 39.7 Å². The van der Waals surface area contributed by atoms with Crippen molar-refractivity contribution in [2.75, 3.05) is 26.2 Å². The number of aromatic nitrogens is 2. The molecule has 0 saturated carbocycles. The zero-order valence-corrected chi connectivity index (χ0v) is 17.2. The van der Waals surface area contributed by atoms with E-state index in [2.05, 4.69) is 34.1 Å². The van der Waals surface area contributed by atoms with E-state index in [1.165, 1.54) is 23.1 Å². The summed E-state index contributed by atoms with van der Waals surface area (Å²) < 4.78 is 5.32. The summed E-state index contributed by atoms with van der Waals surface area (Å²) in [7, 11) is 0. The molecule has 6 nitrogen and oxygen atoms in total. The van der Waals surface area contributed by atoms with Gasteiger partial charge in [0.25, 0.3) is 5.91 Å². The third-order valence-electron chi connectivity index (χ3n) is 6.40. The Morgan fingerprint density at radius 1 is 1.24 bits per heavy atom. The second kappa shape index (κ2) is 7.34. The summed E-state index contributed by atoms with van der Waals surface area (Å²) in [4.78, 5) is 21.0. The van der Waals surface area contributed by atoms with Crippen LogP contribution >= 0.6 is 0 Å². The SMILES string of the molecule is Cc1cc(CN2CCN(C(=O)c3ccc4[nH]c5c(c4c3)C[C@H](C)CC5)CC2)on1. The van der Waals surface area contributed by atoms with Gasteiger partial charge in [0.2, 0.25) is 0 Å². The number of piperazine rings is 1. The maximum Gasteiger partial charge on any atom is 0.253 e. The quantitative estimate of drug-likeness (QED) is 0.740. The van der Waals surface area contributed by atoms with E-state index in [-0.39, 0.29) is 5.91 Å². The molecule has 6 heteroatoms. The van der Waals surface area contributed by atoms with Gasteiger partial charge in [-0.2, -0.15) is 0 Å². The summed E-state index contributed by atoms with van der Waals surface area (Å²) in [5, 5.41) is 5.18. The minimum absolute atomic E-state index is 0.140. The van der Waals surface area contributed by atoms with Gasteiger partial charge in [0, 0.05) is 54.4 Å². The number of nitrogens with one attached hydrogen (secondary N) is 1. The molecular weight excluding hydrogens is 364 g/mol. The van der Waals surface area contributed by atoms with Gasteiger partial charge in [-0.15, -0.1) is 0 Å². The minimum Gasteiger partial charge on any atom is -0.360 e. The molecule has 0 radical (unpaired) electrons. The van der Waals surface area contributed by atoms with Gasteiger partial charge in [-0.25, -0.2) is 0 Å². The van der Waals surface area contributed by atoms with Gasteiger partial charge in [0.1, 0.15) is 0 Å². The summed E-state index contributed by atoms with van der Waals surface area (Å²) in [6, 6.07) is 8.13. The fourth-order valence-corrected chi connectivity index (χ4v) is 4.73. The van der Waals surface area contributed by atoms with E-state index in [0.29, 0.717) is 5.92 Å². The van der Waals surface area contributed by atoms with Crippen LogP contribution in [-0.2, 0) is 19.4 Å². The molecule has 2 aliphatic rings. The fourth-order valence-electron chi connectivity index (χ4n) is 4.73. The minimum atomic E-state index is 0.140. The molecule has 1 fully saturated rings. The van der Waals surface area contributed by atoms with Crippen LogP contribution in [0.25, 0.3) is 10.9 Å².